The van der Waals surface area contributed by atoms with Crippen LogP contribution in [0.3, 0.4) is 0 Å². The van der Waals surface area contributed by atoms with Crippen LogP contribution in [0, 0.1) is 0 Å². The minimum Gasteiger partial charge on any atom is -0.476 e. The minimum absolute atomic E-state index is 0.0218. The lowest BCUT2D eigenvalue weighted by molar-refractivity contribution is -0.111. The first-order chi connectivity index (χ1) is 10.6. The molecule has 0 aliphatic heterocycles. The molecule has 2 aromatic rings. The number of amides is 1. The summed E-state index contributed by atoms with van der Waals surface area (Å²) in [5.41, 5.74) is 1.32. The number of carbonyl (C=O) groups is 2. The van der Waals surface area contributed by atoms with Gasteiger partial charge in [0, 0.05) is 18.0 Å². The summed E-state index contributed by atoms with van der Waals surface area (Å²) in [6.45, 7) is 1.87. The van der Waals surface area contributed by atoms with E-state index in [9.17, 15) is 9.59 Å². The van der Waals surface area contributed by atoms with Crippen LogP contribution in [0.15, 0.2) is 60.8 Å². The first-order valence-corrected chi connectivity index (χ1v) is 6.60. The number of rotatable bonds is 5. The van der Waals surface area contributed by atoms with Crippen LogP contribution in [0.2, 0.25) is 0 Å². The Hall–Kier alpha value is -3.15. The maximum absolute atomic E-state index is 11.6. The fraction of sp³-hybridized carbons (Fsp3) is 0.0625. The largest absolute Gasteiger partial charge is 0.476 e. The topological polar surface area (TPSA) is 84.2 Å². The van der Waals surface area contributed by atoms with Crippen molar-refractivity contribution < 1.29 is 14.7 Å². The molecular formula is C16H15N3O3. The summed E-state index contributed by atoms with van der Waals surface area (Å²) >= 11 is 0. The van der Waals surface area contributed by atoms with Crippen LogP contribution in [0.25, 0.3) is 5.69 Å². The van der Waals surface area contributed by atoms with Gasteiger partial charge in [-0.15, -0.1) is 0 Å². The second kappa shape index (κ2) is 7.03. The average molecular weight is 297 g/mol. The summed E-state index contributed by atoms with van der Waals surface area (Å²) in [5.74, 6) is -1.30. The van der Waals surface area contributed by atoms with Crippen molar-refractivity contribution in [2.75, 3.05) is 5.32 Å². The van der Waals surface area contributed by atoms with E-state index in [2.05, 4.69) is 10.4 Å². The summed E-state index contributed by atoms with van der Waals surface area (Å²) in [7, 11) is 0. The number of hydrogen-bond donors (Lipinski definition) is 2. The Morgan fingerprint density at radius 1 is 1.18 bits per heavy atom. The summed E-state index contributed by atoms with van der Waals surface area (Å²) < 4.78 is 1.46. The van der Waals surface area contributed by atoms with Gasteiger partial charge in [-0.05, 0) is 37.3 Å². The molecule has 22 heavy (non-hydrogen) atoms. The summed E-state index contributed by atoms with van der Waals surface area (Å²) in [6.07, 6.45) is 8.24. The van der Waals surface area contributed by atoms with Crippen LogP contribution >= 0.6 is 0 Å². The molecule has 2 N–H and O–H groups in total. The number of carboxylic acid groups (broad SMARTS) is 1. The molecule has 6 heteroatoms. The summed E-state index contributed by atoms with van der Waals surface area (Å²) in [6, 6.07) is 8.34. The molecule has 112 valence electrons. The highest BCUT2D eigenvalue weighted by Crippen LogP contribution is 2.13. The second-order valence-electron chi connectivity index (χ2n) is 4.37. The van der Waals surface area contributed by atoms with E-state index in [1.54, 1.807) is 42.6 Å². The molecular weight excluding hydrogens is 282 g/mol. The quantitative estimate of drug-likeness (QED) is 0.656. The lowest BCUT2D eigenvalue weighted by Gasteiger charge is -2.04. The van der Waals surface area contributed by atoms with Crippen molar-refractivity contribution in [3.05, 3.63) is 66.5 Å². The monoisotopic (exact) mass is 297 g/mol. The minimum atomic E-state index is -1.07. The predicted molar refractivity (Wildman–Crippen MR) is 83.1 cm³/mol. The van der Waals surface area contributed by atoms with Gasteiger partial charge in [0.2, 0.25) is 5.91 Å². The van der Waals surface area contributed by atoms with Crippen molar-refractivity contribution in [1.29, 1.82) is 0 Å². The second-order valence-corrected chi connectivity index (χ2v) is 4.37. The molecule has 0 bridgehead atoms. The molecule has 0 saturated carbocycles. The zero-order chi connectivity index (χ0) is 15.9. The Morgan fingerprint density at radius 3 is 2.50 bits per heavy atom. The SMILES string of the molecule is C/C=C/C=C/C(=O)Nc1ccc(-n2ccc(C(=O)O)n2)cc1. The van der Waals surface area contributed by atoms with Crippen molar-refractivity contribution in [3.8, 4) is 5.69 Å². The van der Waals surface area contributed by atoms with Gasteiger partial charge in [-0.25, -0.2) is 9.48 Å². The van der Waals surface area contributed by atoms with E-state index >= 15 is 0 Å². The number of nitrogens with one attached hydrogen (secondary N) is 1. The fourth-order valence-electron chi connectivity index (χ4n) is 1.72. The van der Waals surface area contributed by atoms with Crippen molar-refractivity contribution in [1.82, 2.24) is 9.78 Å². The summed E-state index contributed by atoms with van der Waals surface area (Å²) in [4.78, 5) is 22.4. The van der Waals surface area contributed by atoms with Gasteiger partial charge in [-0.3, -0.25) is 4.79 Å². The highest BCUT2D eigenvalue weighted by atomic mass is 16.4. The van der Waals surface area contributed by atoms with E-state index in [1.165, 1.54) is 16.8 Å². The van der Waals surface area contributed by atoms with Crippen molar-refractivity contribution in [2.24, 2.45) is 0 Å². The summed E-state index contributed by atoms with van der Waals surface area (Å²) in [5, 5.41) is 15.5. The van der Waals surface area contributed by atoms with Gasteiger partial charge in [0.15, 0.2) is 5.69 Å². The lowest BCUT2D eigenvalue weighted by Crippen LogP contribution is -2.07. The third-order valence-electron chi connectivity index (χ3n) is 2.76. The van der Waals surface area contributed by atoms with Crippen molar-refractivity contribution >= 4 is 17.6 Å². The predicted octanol–water partition coefficient (Wildman–Crippen LogP) is 2.64. The van der Waals surface area contributed by atoms with E-state index in [4.69, 9.17) is 5.11 Å². The normalized spacial score (nSPS) is 11.1. The number of carbonyl (C=O) groups excluding carboxylic acids is 1. The zero-order valence-electron chi connectivity index (χ0n) is 11.9. The molecule has 1 amide bonds. The molecule has 0 aliphatic rings. The molecule has 6 nitrogen and oxygen atoms in total. The number of benzene rings is 1. The molecule has 0 atom stereocenters. The third kappa shape index (κ3) is 3.92. The number of carboxylic acids is 1. The molecule has 2 rings (SSSR count). The molecule has 0 fully saturated rings. The molecule has 0 aliphatic carbocycles. The van der Waals surface area contributed by atoms with Gasteiger partial charge >= 0.3 is 5.97 Å². The van der Waals surface area contributed by atoms with E-state index in [0.29, 0.717) is 11.4 Å². The van der Waals surface area contributed by atoms with Gasteiger partial charge in [0.05, 0.1) is 5.69 Å². The zero-order valence-corrected chi connectivity index (χ0v) is 11.9. The molecule has 1 aromatic heterocycles. The maximum atomic E-state index is 11.6. The number of anilines is 1. The Labute approximate surface area is 127 Å². The Balaban J connectivity index is 2.06. The number of aromatic carboxylic acids is 1. The smallest absolute Gasteiger partial charge is 0.356 e. The van der Waals surface area contributed by atoms with Gasteiger partial charge < -0.3 is 10.4 Å². The number of nitrogens with zero attached hydrogens (tertiary/aromatic N) is 2. The van der Waals surface area contributed by atoms with Gasteiger partial charge in [0.1, 0.15) is 0 Å². The Bertz CT molecular complexity index is 727. The molecule has 0 radical (unpaired) electrons. The van der Waals surface area contributed by atoms with Crippen LogP contribution in [0.4, 0.5) is 5.69 Å². The number of allylic oxidation sites excluding steroid dienone is 3. The number of aromatic nitrogens is 2. The first kappa shape index (κ1) is 15.2. The van der Waals surface area contributed by atoms with Gasteiger partial charge in [-0.1, -0.05) is 18.2 Å². The Kier molecular flexibility index (Phi) is 4.87. The third-order valence-corrected chi connectivity index (χ3v) is 2.76. The van der Waals surface area contributed by atoms with E-state index < -0.39 is 5.97 Å². The van der Waals surface area contributed by atoms with E-state index in [1.807, 2.05) is 13.0 Å². The average Bonchev–Trinajstić information content (AvgIpc) is 2.98. The molecule has 1 heterocycles. The van der Waals surface area contributed by atoms with Crippen LogP contribution in [-0.4, -0.2) is 26.8 Å². The highest BCUT2D eigenvalue weighted by Gasteiger charge is 2.07. The van der Waals surface area contributed by atoms with E-state index in [0.717, 1.165) is 0 Å². The van der Waals surface area contributed by atoms with Crippen molar-refractivity contribution in [3.63, 3.8) is 0 Å². The highest BCUT2D eigenvalue weighted by molar-refractivity contribution is 5.99. The molecule has 1 aromatic carbocycles. The van der Waals surface area contributed by atoms with Crippen LogP contribution in [0.5, 0.6) is 0 Å². The van der Waals surface area contributed by atoms with Crippen LogP contribution in [0.1, 0.15) is 17.4 Å². The van der Waals surface area contributed by atoms with Gasteiger partial charge in [0.25, 0.3) is 0 Å². The Morgan fingerprint density at radius 2 is 1.91 bits per heavy atom. The maximum Gasteiger partial charge on any atom is 0.356 e. The molecule has 0 saturated heterocycles. The van der Waals surface area contributed by atoms with Crippen LogP contribution < -0.4 is 5.32 Å². The lowest BCUT2D eigenvalue weighted by atomic mass is 10.2. The first-order valence-electron chi connectivity index (χ1n) is 6.60. The van der Waals surface area contributed by atoms with Crippen LogP contribution in [-0.2, 0) is 4.79 Å². The molecule has 0 unspecified atom stereocenters. The molecule has 0 spiro atoms. The van der Waals surface area contributed by atoms with E-state index in [-0.39, 0.29) is 11.6 Å². The fourth-order valence-corrected chi connectivity index (χ4v) is 1.72. The van der Waals surface area contributed by atoms with Gasteiger partial charge in [-0.2, -0.15) is 5.10 Å². The number of hydrogen-bond acceptors (Lipinski definition) is 3. The van der Waals surface area contributed by atoms with Crippen molar-refractivity contribution in [2.45, 2.75) is 6.92 Å². The standard InChI is InChI=1S/C16H15N3O3/c1-2-3-4-5-15(20)17-12-6-8-13(9-7-12)19-11-10-14(18-19)16(21)22/h2-11H,1H3,(H,17,20)(H,21,22)/b3-2+,5-4+.